The Hall–Kier alpha value is -2.04. The smallest absolute Gasteiger partial charge is 0.344 e. The zero-order chi connectivity index (χ0) is 12.8. The summed E-state index contributed by atoms with van der Waals surface area (Å²) < 4.78 is 5.14. The molecule has 0 aromatic heterocycles. The van der Waals surface area contributed by atoms with Crippen LogP contribution in [0.25, 0.3) is 0 Å². The van der Waals surface area contributed by atoms with Crippen molar-refractivity contribution in [1.29, 1.82) is 0 Å². The van der Waals surface area contributed by atoms with Crippen molar-refractivity contribution < 1.29 is 19.4 Å². The number of carboxylic acid groups (broad SMARTS) is 1. The third kappa shape index (κ3) is 3.79. The first-order valence-electron chi connectivity index (χ1n) is 5.32. The van der Waals surface area contributed by atoms with Crippen molar-refractivity contribution in [3.63, 3.8) is 0 Å². The molecule has 1 amide bonds. The van der Waals surface area contributed by atoms with Crippen LogP contribution in [-0.2, 0) is 4.79 Å². The fourth-order valence-electron chi connectivity index (χ4n) is 1.20. The molecule has 0 aliphatic heterocycles. The highest BCUT2D eigenvalue weighted by molar-refractivity contribution is 5.94. The fourth-order valence-corrected chi connectivity index (χ4v) is 1.20. The van der Waals surface area contributed by atoms with Crippen molar-refractivity contribution >= 4 is 11.9 Å². The number of benzene rings is 1. The maximum Gasteiger partial charge on any atom is 0.344 e. The fraction of sp³-hybridized carbons (Fsp3) is 0.333. The van der Waals surface area contributed by atoms with Crippen LogP contribution in [0.15, 0.2) is 24.3 Å². The maximum atomic E-state index is 11.4. The van der Waals surface area contributed by atoms with Crippen LogP contribution in [0.3, 0.4) is 0 Å². The summed E-state index contributed by atoms with van der Waals surface area (Å²) >= 11 is 0. The Kier molecular flexibility index (Phi) is 4.51. The molecule has 5 nitrogen and oxygen atoms in total. The van der Waals surface area contributed by atoms with Gasteiger partial charge in [-0.3, -0.25) is 4.79 Å². The Morgan fingerprint density at radius 2 is 1.94 bits per heavy atom. The van der Waals surface area contributed by atoms with E-state index < -0.39 is 12.1 Å². The molecule has 1 rings (SSSR count). The number of carbonyl (C=O) groups excluding carboxylic acids is 1. The quantitative estimate of drug-likeness (QED) is 0.809. The van der Waals surface area contributed by atoms with Crippen LogP contribution in [0, 0.1) is 0 Å². The molecule has 0 aliphatic rings. The van der Waals surface area contributed by atoms with Gasteiger partial charge >= 0.3 is 5.97 Å². The van der Waals surface area contributed by atoms with E-state index in [4.69, 9.17) is 9.84 Å². The molecule has 0 fully saturated rings. The maximum absolute atomic E-state index is 11.4. The zero-order valence-corrected chi connectivity index (χ0v) is 9.77. The second-order valence-electron chi connectivity index (χ2n) is 3.48. The van der Waals surface area contributed by atoms with Crippen LogP contribution < -0.4 is 10.1 Å². The highest BCUT2D eigenvalue weighted by Crippen LogP contribution is 2.13. The van der Waals surface area contributed by atoms with Gasteiger partial charge in [-0.25, -0.2) is 4.79 Å². The second-order valence-corrected chi connectivity index (χ2v) is 3.48. The van der Waals surface area contributed by atoms with Gasteiger partial charge in [-0.2, -0.15) is 0 Å². The Labute approximate surface area is 99.4 Å². The molecule has 1 atom stereocenters. The van der Waals surface area contributed by atoms with Crippen molar-refractivity contribution in [2.75, 3.05) is 6.54 Å². The Morgan fingerprint density at radius 1 is 1.35 bits per heavy atom. The van der Waals surface area contributed by atoms with E-state index in [2.05, 4.69) is 5.32 Å². The van der Waals surface area contributed by atoms with Gasteiger partial charge in [0.2, 0.25) is 0 Å². The van der Waals surface area contributed by atoms with Crippen LogP contribution in [0.1, 0.15) is 24.2 Å². The number of hydrogen-bond donors (Lipinski definition) is 2. The monoisotopic (exact) mass is 237 g/mol. The van der Waals surface area contributed by atoms with E-state index in [-0.39, 0.29) is 5.91 Å². The lowest BCUT2D eigenvalue weighted by Gasteiger charge is -2.10. The number of ether oxygens (including phenoxy) is 1. The van der Waals surface area contributed by atoms with E-state index in [1.165, 1.54) is 6.92 Å². The van der Waals surface area contributed by atoms with Crippen molar-refractivity contribution in [1.82, 2.24) is 5.32 Å². The summed E-state index contributed by atoms with van der Waals surface area (Å²) in [5, 5.41) is 11.3. The minimum absolute atomic E-state index is 0.162. The standard InChI is InChI=1S/C12H15NO4/c1-3-13-11(14)9-4-6-10(7-5-9)17-8(2)12(15)16/h4-8H,3H2,1-2H3,(H,13,14)(H,15,16)/t8-/m0/s1. The van der Waals surface area contributed by atoms with E-state index in [1.54, 1.807) is 24.3 Å². The molecule has 2 N–H and O–H groups in total. The summed E-state index contributed by atoms with van der Waals surface area (Å²) in [5.41, 5.74) is 0.516. The average Bonchev–Trinajstić information content (AvgIpc) is 2.30. The van der Waals surface area contributed by atoms with Gasteiger partial charge in [0.15, 0.2) is 6.10 Å². The molecule has 1 aromatic carbocycles. The topological polar surface area (TPSA) is 75.6 Å². The summed E-state index contributed by atoms with van der Waals surface area (Å²) in [7, 11) is 0. The minimum atomic E-state index is -1.03. The summed E-state index contributed by atoms with van der Waals surface area (Å²) in [5.74, 6) is -0.768. The van der Waals surface area contributed by atoms with Crippen molar-refractivity contribution in [2.24, 2.45) is 0 Å². The van der Waals surface area contributed by atoms with Crippen molar-refractivity contribution in [2.45, 2.75) is 20.0 Å². The van der Waals surface area contributed by atoms with E-state index in [1.807, 2.05) is 6.92 Å². The van der Waals surface area contributed by atoms with Gasteiger partial charge in [-0.15, -0.1) is 0 Å². The van der Waals surface area contributed by atoms with Gasteiger partial charge in [0.1, 0.15) is 5.75 Å². The van der Waals surface area contributed by atoms with Gasteiger partial charge in [-0.05, 0) is 38.1 Å². The number of rotatable bonds is 5. The molecular formula is C12H15NO4. The summed E-state index contributed by atoms with van der Waals surface area (Å²) in [6, 6.07) is 6.33. The molecule has 92 valence electrons. The van der Waals surface area contributed by atoms with Crippen molar-refractivity contribution in [3.8, 4) is 5.75 Å². The first kappa shape index (κ1) is 13.0. The predicted octanol–water partition coefficient (Wildman–Crippen LogP) is 1.29. The molecule has 0 unspecified atom stereocenters. The number of nitrogens with one attached hydrogen (secondary N) is 1. The van der Waals surface area contributed by atoms with Gasteiger partial charge in [0.25, 0.3) is 5.91 Å². The molecule has 0 aliphatic carbocycles. The first-order chi connectivity index (χ1) is 8.04. The molecule has 5 heteroatoms. The number of carboxylic acids is 1. The predicted molar refractivity (Wildman–Crippen MR) is 62.2 cm³/mol. The molecule has 0 heterocycles. The van der Waals surface area contributed by atoms with E-state index in [9.17, 15) is 9.59 Å². The highest BCUT2D eigenvalue weighted by Gasteiger charge is 2.12. The first-order valence-corrected chi connectivity index (χ1v) is 5.32. The zero-order valence-electron chi connectivity index (χ0n) is 9.77. The number of hydrogen-bond acceptors (Lipinski definition) is 3. The van der Waals surface area contributed by atoms with Gasteiger partial charge < -0.3 is 15.2 Å². The normalized spacial score (nSPS) is 11.6. The Morgan fingerprint density at radius 3 is 2.41 bits per heavy atom. The molecular weight excluding hydrogens is 222 g/mol. The van der Waals surface area contributed by atoms with Gasteiger partial charge in [-0.1, -0.05) is 0 Å². The van der Waals surface area contributed by atoms with E-state index >= 15 is 0 Å². The van der Waals surface area contributed by atoms with Crippen LogP contribution >= 0.6 is 0 Å². The number of aliphatic carboxylic acids is 1. The lowest BCUT2D eigenvalue weighted by molar-refractivity contribution is -0.144. The minimum Gasteiger partial charge on any atom is -0.479 e. The number of carbonyl (C=O) groups is 2. The third-order valence-corrected chi connectivity index (χ3v) is 2.11. The molecule has 17 heavy (non-hydrogen) atoms. The molecule has 1 aromatic rings. The van der Waals surface area contributed by atoms with Crippen LogP contribution in [-0.4, -0.2) is 29.6 Å². The van der Waals surface area contributed by atoms with E-state index in [0.29, 0.717) is 17.9 Å². The second kappa shape index (κ2) is 5.89. The summed E-state index contributed by atoms with van der Waals surface area (Å²) in [6.45, 7) is 3.84. The SMILES string of the molecule is CCNC(=O)c1ccc(O[C@@H](C)C(=O)O)cc1. The lowest BCUT2D eigenvalue weighted by atomic mass is 10.2. The van der Waals surface area contributed by atoms with Gasteiger partial charge in [0, 0.05) is 12.1 Å². The highest BCUT2D eigenvalue weighted by atomic mass is 16.5. The third-order valence-electron chi connectivity index (χ3n) is 2.11. The number of amides is 1. The summed E-state index contributed by atoms with van der Waals surface area (Å²) in [4.78, 5) is 22.0. The largest absolute Gasteiger partial charge is 0.479 e. The van der Waals surface area contributed by atoms with Gasteiger partial charge in [0.05, 0.1) is 0 Å². The average molecular weight is 237 g/mol. The Balaban J connectivity index is 2.68. The van der Waals surface area contributed by atoms with Crippen LogP contribution in [0.5, 0.6) is 5.75 Å². The molecule has 0 bridgehead atoms. The summed E-state index contributed by atoms with van der Waals surface area (Å²) in [6.07, 6.45) is -0.912. The lowest BCUT2D eigenvalue weighted by Crippen LogP contribution is -2.23. The van der Waals surface area contributed by atoms with E-state index in [0.717, 1.165) is 0 Å². The molecule has 0 saturated heterocycles. The molecule has 0 saturated carbocycles. The Bertz CT molecular complexity index is 399. The van der Waals surface area contributed by atoms with Crippen molar-refractivity contribution in [3.05, 3.63) is 29.8 Å². The molecule has 0 spiro atoms. The van der Waals surface area contributed by atoms with Crippen LogP contribution in [0.2, 0.25) is 0 Å². The van der Waals surface area contributed by atoms with Crippen LogP contribution in [0.4, 0.5) is 0 Å². The molecule has 0 radical (unpaired) electrons.